The summed E-state index contributed by atoms with van der Waals surface area (Å²) in [4.78, 5) is 11.9. The van der Waals surface area contributed by atoms with E-state index in [2.05, 4.69) is 26.5 Å². The molecule has 25 heavy (non-hydrogen) atoms. The lowest BCUT2D eigenvalue weighted by Crippen LogP contribution is -2.19. The zero-order valence-corrected chi connectivity index (χ0v) is 15.4. The van der Waals surface area contributed by atoms with Gasteiger partial charge in [0.25, 0.3) is 0 Å². The third kappa shape index (κ3) is 5.05. The molecule has 1 N–H and O–H groups in total. The van der Waals surface area contributed by atoms with E-state index < -0.39 is 0 Å². The number of rotatable bonds is 5. The van der Waals surface area contributed by atoms with Crippen LogP contribution in [0.25, 0.3) is 11.3 Å². The second-order valence-electron chi connectivity index (χ2n) is 5.31. The van der Waals surface area contributed by atoms with Crippen molar-refractivity contribution in [2.24, 2.45) is 5.10 Å². The van der Waals surface area contributed by atoms with Crippen LogP contribution in [0.3, 0.4) is 0 Å². The number of halogens is 2. The first-order valence-electron chi connectivity index (χ1n) is 7.52. The summed E-state index contributed by atoms with van der Waals surface area (Å²) in [5.41, 5.74) is 4.32. The first kappa shape index (κ1) is 17.5. The summed E-state index contributed by atoms with van der Waals surface area (Å²) in [7, 11) is 0. The number of furan rings is 1. The predicted octanol–water partition coefficient (Wildman–Crippen LogP) is 5.06. The fourth-order valence-corrected chi connectivity index (χ4v) is 2.58. The largest absolute Gasteiger partial charge is 0.455 e. The maximum Gasteiger partial charge on any atom is 0.244 e. The zero-order chi connectivity index (χ0) is 17.6. The highest BCUT2D eigenvalue weighted by Crippen LogP contribution is 2.23. The van der Waals surface area contributed by atoms with Gasteiger partial charge in [-0.3, -0.25) is 4.79 Å². The lowest BCUT2D eigenvalue weighted by Gasteiger charge is -2.00. The molecule has 2 aromatic carbocycles. The Balaban J connectivity index is 1.56. The zero-order valence-electron chi connectivity index (χ0n) is 13.1. The number of amides is 1. The first-order chi connectivity index (χ1) is 12.1. The molecule has 0 fully saturated rings. The average molecular weight is 418 g/mol. The predicted molar refractivity (Wildman–Crippen MR) is 103 cm³/mol. The summed E-state index contributed by atoms with van der Waals surface area (Å²) in [6.45, 7) is 0. The smallest absolute Gasteiger partial charge is 0.244 e. The Morgan fingerprint density at radius 2 is 1.80 bits per heavy atom. The van der Waals surface area contributed by atoms with E-state index in [1.165, 1.54) is 6.21 Å². The van der Waals surface area contributed by atoms with E-state index in [4.69, 9.17) is 16.0 Å². The molecule has 1 amide bonds. The lowest BCUT2D eigenvalue weighted by atomic mass is 10.1. The number of benzene rings is 2. The van der Waals surface area contributed by atoms with Crippen LogP contribution >= 0.6 is 27.5 Å². The van der Waals surface area contributed by atoms with E-state index in [1.807, 2.05) is 42.5 Å². The molecule has 1 heterocycles. The number of carbonyl (C=O) groups excluding carboxylic acids is 1. The van der Waals surface area contributed by atoms with Gasteiger partial charge in [-0.1, -0.05) is 51.8 Å². The van der Waals surface area contributed by atoms with Gasteiger partial charge in [-0.05, 0) is 42.0 Å². The quantitative estimate of drug-likeness (QED) is 0.466. The summed E-state index contributed by atoms with van der Waals surface area (Å²) in [6, 6.07) is 18.6. The molecular weight excluding hydrogens is 404 g/mol. The van der Waals surface area contributed by atoms with Crippen LogP contribution in [-0.4, -0.2) is 12.1 Å². The van der Waals surface area contributed by atoms with Crippen LogP contribution < -0.4 is 5.43 Å². The van der Waals surface area contributed by atoms with E-state index >= 15 is 0 Å². The molecule has 4 nitrogen and oxygen atoms in total. The van der Waals surface area contributed by atoms with E-state index in [9.17, 15) is 4.79 Å². The number of hydrazone groups is 1. The number of hydrogen-bond donors (Lipinski definition) is 1. The number of nitrogens with zero attached hydrogens (tertiary/aromatic N) is 1. The van der Waals surface area contributed by atoms with Gasteiger partial charge in [-0.2, -0.15) is 5.10 Å². The van der Waals surface area contributed by atoms with Crippen molar-refractivity contribution in [2.45, 2.75) is 6.42 Å². The molecule has 126 valence electrons. The van der Waals surface area contributed by atoms with Crippen LogP contribution in [0.5, 0.6) is 0 Å². The Labute approximate surface area is 158 Å². The molecule has 0 unspecified atom stereocenters. The van der Waals surface area contributed by atoms with Gasteiger partial charge in [-0.15, -0.1) is 0 Å². The number of nitrogens with one attached hydrogen (secondary N) is 1. The lowest BCUT2D eigenvalue weighted by molar-refractivity contribution is -0.120. The van der Waals surface area contributed by atoms with E-state index in [0.717, 1.165) is 21.4 Å². The van der Waals surface area contributed by atoms with Gasteiger partial charge in [0.1, 0.15) is 11.5 Å². The Morgan fingerprint density at radius 3 is 2.52 bits per heavy atom. The third-order valence-corrected chi connectivity index (χ3v) is 4.20. The van der Waals surface area contributed by atoms with Gasteiger partial charge in [0, 0.05) is 15.1 Å². The van der Waals surface area contributed by atoms with Crippen molar-refractivity contribution in [1.82, 2.24) is 5.43 Å². The molecule has 0 bridgehead atoms. The van der Waals surface area contributed by atoms with Crippen molar-refractivity contribution in [3.8, 4) is 11.3 Å². The van der Waals surface area contributed by atoms with Gasteiger partial charge in [-0.25, -0.2) is 5.43 Å². The third-order valence-electron chi connectivity index (χ3n) is 3.41. The molecule has 0 aliphatic heterocycles. The topological polar surface area (TPSA) is 54.6 Å². The molecule has 0 saturated carbocycles. The highest BCUT2D eigenvalue weighted by atomic mass is 79.9. The summed E-state index contributed by atoms with van der Waals surface area (Å²) >= 11 is 9.22. The van der Waals surface area contributed by atoms with E-state index in [1.54, 1.807) is 18.2 Å². The summed E-state index contributed by atoms with van der Waals surface area (Å²) < 4.78 is 6.70. The summed E-state index contributed by atoms with van der Waals surface area (Å²) in [5, 5.41) is 4.56. The van der Waals surface area contributed by atoms with Crippen LogP contribution in [0, 0.1) is 0 Å². The Kier molecular flexibility index (Phi) is 5.68. The van der Waals surface area contributed by atoms with Crippen molar-refractivity contribution >= 4 is 39.7 Å². The van der Waals surface area contributed by atoms with Gasteiger partial charge in [0.2, 0.25) is 5.91 Å². The molecular formula is C19H14BrClN2O2. The maximum absolute atomic E-state index is 11.9. The minimum absolute atomic E-state index is 0.210. The highest BCUT2D eigenvalue weighted by molar-refractivity contribution is 9.10. The standard InChI is InChI=1S/C19H14BrClN2O2/c20-15-5-3-14(4-6-15)18-10-9-17(25-18)12-22-23-19(24)11-13-1-7-16(21)8-2-13/h1-10,12H,11H2,(H,23,24)/b22-12-. The van der Waals surface area contributed by atoms with Crippen LogP contribution in [0.4, 0.5) is 0 Å². The van der Waals surface area contributed by atoms with Crippen LogP contribution in [0.15, 0.2) is 74.7 Å². The molecule has 0 atom stereocenters. The molecule has 0 aliphatic carbocycles. The number of hydrogen-bond acceptors (Lipinski definition) is 3. The van der Waals surface area contributed by atoms with Gasteiger partial charge >= 0.3 is 0 Å². The first-order valence-corrected chi connectivity index (χ1v) is 8.69. The Hall–Kier alpha value is -2.37. The Bertz CT molecular complexity index is 887. The summed E-state index contributed by atoms with van der Waals surface area (Å²) in [5.74, 6) is 1.09. The van der Waals surface area contributed by atoms with Crippen LogP contribution in [0.2, 0.25) is 5.02 Å². The molecule has 3 rings (SSSR count). The second-order valence-corrected chi connectivity index (χ2v) is 6.66. The molecule has 3 aromatic rings. The maximum atomic E-state index is 11.9. The average Bonchev–Trinajstić information content (AvgIpc) is 3.06. The highest BCUT2D eigenvalue weighted by Gasteiger charge is 2.04. The normalized spacial score (nSPS) is 11.0. The van der Waals surface area contributed by atoms with Crippen molar-refractivity contribution in [3.05, 3.63) is 81.5 Å². The minimum Gasteiger partial charge on any atom is -0.455 e. The second kappa shape index (κ2) is 8.14. The molecule has 0 radical (unpaired) electrons. The fraction of sp³-hybridized carbons (Fsp3) is 0.0526. The van der Waals surface area contributed by atoms with Crippen molar-refractivity contribution < 1.29 is 9.21 Å². The van der Waals surface area contributed by atoms with Crippen LogP contribution in [0.1, 0.15) is 11.3 Å². The van der Waals surface area contributed by atoms with E-state index in [0.29, 0.717) is 10.8 Å². The molecule has 0 saturated heterocycles. The van der Waals surface area contributed by atoms with E-state index in [-0.39, 0.29) is 12.3 Å². The van der Waals surface area contributed by atoms with Crippen molar-refractivity contribution in [1.29, 1.82) is 0 Å². The fourth-order valence-electron chi connectivity index (χ4n) is 2.19. The van der Waals surface area contributed by atoms with Crippen molar-refractivity contribution in [3.63, 3.8) is 0 Å². The van der Waals surface area contributed by atoms with Crippen LogP contribution in [-0.2, 0) is 11.2 Å². The van der Waals surface area contributed by atoms with Gasteiger partial charge < -0.3 is 4.42 Å². The number of carbonyl (C=O) groups is 1. The Morgan fingerprint density at radius 1 is 1.08 bits per heavy atom. The molecule has 0 spiro atoms. The SMILES string of the molecule is O=C(Cc1ccc(Cl)cc1)N/N=C\c1ccc(-c2ccc(Br)cc2)o1. The van der Waals surface area contributed by atoms with Gasteiger partial charge in [0.15, 0.2) is 0 Å². The molecule has 6 heteroatoms. The monoisotopic (exact) mass is 416 g/mol. The molecule has 1 aromatic heterocycles. The minimum atomic E-state index is -0.210. The molecule has 0 aliphatic rings. The summed E-state index contributed by atoms with van der Waals surface area (Å²) in [6.07, 6.45) is 1.71. The van der Waals surface area contributed by atoms with Crippen molar-refractivity contribution in [2.75, 3.05) is 0 Å². The van der Waals surface area contributed by atoms with Gasteiger partial charge in [0.05, 0.1) is 12.6 Å².